The van der Waals surface area contributed by atoms with Gasteiger partial charge < -0.3 is 5.32 Å². The molecule has 0 radical (unpaired) electrons. The van der Waals surface area contributed by atoms with E-state index in [-0.39, 0.29) is 5.91 Å². The molecule has 0 saturated heterocycles. The SMILES string of the molecule is CCc1ccc(CNC(=O)c2ccc3nncn3c2)cc1. The highest BCUT2D eigenvalue weighted by atomic mass is 16.1. The zero-order chi connectivity index (χ0) is 14.7. The summed E-state index contributed by atoms with van der Waals surface area (Å²) in [6.45, 7) is 2.64. The normalized spacial score (nSPS) is 10.7. The average molecular weight is 280 g/mol. The van der Waals surface area contributed by atoms with E-state index in [4.69, 9.17) is 0 Å². The minimum absolute atomic E-state index is 0.106. The second-order valence-electron chi connectivity index (χ2n) is 4.87. The van der Waals surface area contributed by atoms with Crippen molar-refractivity contribution in [2.75, 3.05) is 0 Å². The number of hydrogen-bond donors (Lipinski definition) is 1. The zero-order valence-electron chi connectivity index (χ0n) is 11.8. The number of nitrogens with one attached hydrogen (secondary N) is 1. The predicted molar refractivity (Wildman–Crippen MR) is 80.0 cm³/mol. The summed E-state index contributed by atoms with van der Waals surface area (Å²) in [5.74, 6) is -0.106. The van der Waals surface area contributed by atoms with Gasteiger partial charge in [-0.3, -0.25) is 9.20 Å². The first-order valence-electron chi connectivity index (χ1n) is 6.91. The van der Waals surface area contributed by atoms with Crippen molar-refractivity contribution in [3.8, 4) is 0 Å². The lowest BCUT2D eigenvalue weighted by molar-refractivity contribution is 0.0950. The Labute approximate surface area is 122 Å². The summed E-state index contributed by atoms with van der Waals surface area (Å²) in [6.07, 6.45) is 4.33. The first kappa shape index (κ1) is 13.3. The van der Waals surface area contributed by atoms with E-state index < -0.39 is 0 Å². The second-order valence-corrected chi connectivity index (χ2v) is 4.87. The number of carbonyl (C=O) groups excluding carboxylic acids is 1. The number of fused-ring (bicyclic) bond motifs is 1. The van der Waals surface area contributed by atoms with E-state index in [0.29, 0.717) is 12.1 Å². The van der Waals surface area contributed by atoms with Crippen molar-refractivity contribution >= 4 is 11.6 Å². The van der Waals surface area contributed by atoms with Gasteiger partial charge in [0.1, 0.15) is 6.33 Å². The molecule has 0 aliphatic rings. The molecule has 5 nitrogen and oxygen atoms in total. The topological polar surface area (TPSA) is 59.3 Å². The zero-order valence-corrected chi connectivity index (χ0v) is 11.8. The third-order valence-electron chi connectivity index (χ3n) is 3.44. The van der Waals surface area contributed by atoms with E-state index in [0.717, 1.165) is 17.6 Å². The van der Waals surface area contributed by atoms with Crippen LogP contribution in [0.5, 0.6) is 0 Å². The molecular formula is C16H16N4O. The van der Waals surface area contributed by atoms with Gasteiger partial charge in [-0.25, -0.2) is 0 Å². The third-order valence-corrected chi connectivity index (χ3v) is 3.44. The molecule has 5 heteroatoms. The van der Waals surface area contributed by atoms with Gasteiger partial charge in [0.2, 0.25) is 0 Å². The van der Waals surface area contributed by atoms with Crippen LogP contribution in [0, 0.1) is 0 Å². The Morgan fingerprint density at radius 2 is 1.90 bits per heavy atom. The molecule has 0 fully saturated rings. The highest BCUT2D eigenvalue weighted by Crippen LogP contribution is 2.06. The number of rotatable bonds is 4. The van der Waals surface area contributed by atoms with Gasteiger partial charge in [-0.15, -0.1) is 10.2 Å². The molecule has 2 heterocycles. The highest BCUT2D eigenvalue weighted by molar-refractivity contribution is 5.94. The van der Waals surface area contributed by atoms with Crippen LogP contribution in [0.4, 0.5) is 0 Å². The summed E-state index contributed by atoms with van der Waals surface area (Å²) < 4.78 is 1.73. The van der Waals surface area contributed by atoms with E-state index >= 15 is 0 Å². The van der Waals surface area contributed by atoms with Crippen molar-refractivity contribution in [3.63, 3.8) is 0 Å². The maximum absolute atomic E-state index is 12.1. The van der Waals surface area contributed by atoms with Gasteiger partial charge in [0, 0.05) is 12.7 Å². The van der Waals surface area contributed by atoms with Crippen LogP contribution in [0.3, 0.4) is 0 Å². The van der Waals surface area contributed by atoms with Crippen LogP contribution >= 0.6 is 0 Å². The Kier molecular flexibility index (Phi) is 3.64. The van der Waals surface area contributed by atoms with Crippen molar-refractivity contribution in [3.05, 3.63) is 65.6 Å². The van der Waals surface area contributed by atoms with E-state index in [1.807, 2.05) is 12.1 Å². The minimum atomic E-state index is -0.106. The van der Waals surface area contributed by atoms with Gasteiger partial charge in [-0.1, -0.05) is 31.2 Å². The molecule has 0 unspecified atom stereocenters. The lowest BCUT2D eigenvalue weighted by Crippen LogP contribution is -2.23. The maximum Gasteiger partial charge on any atom is 0.253 e. The van der Waals surface area contributed by atoms with Crippen LogP contribution in [0.15, 0.2) is 48.9 Å². The molecule has 0 atom stereocenters. The van der Waals surface area contributed by atoms with Crippen LogP contribution < -0.4 is 5.32 Å². The number of nitrogens with zero attached hydrogens (tertiary/aromatic N) is 3. The van der Waals surface area contributed by atoms with Crippen molar-refractivity contribution < 1.29 is 4.79 Å². The molecule has 0 aliphatic carbocycles. The number of carbonyl (C=O) groups is 1. The lowest BCUT2D eigenvalue weighted by atomic mass is 10.1. The fraction of sp³-hybridized carbons (Fsp3) is 0.188. The molecule has 21 heavy (non-hydrogen) atoms. The van der Waals surface area contributed by atoms with E-state index in [1.54, 1.807) is 29.1 Å². The van der Waals surface area contributed by atoms with Crippen molar-refractivity contribution in [2.24, 2.45) is 0 Å². The molecule has 1 N–H and O–H groups in total. The number of aromatic nitrogens is 3. The first-order valence-corrected chi connectivity index (χ1v) is 6.91. The van der Waals surface area contributed by atoms with Crippen molar-refractivity contribution in [1.29, 1.82) is 0 Å². The molecule has 3 aromatic rings. The summed E-state index contributed by atoms with van der Waals surface area (Å²) in [4.78, 5) is 12.1. The largest absolute Gasteiger partial charge is 0.348 e. The van der Waals surface area contributed by atoms with Gasteiger partial charge in [-0.05, 0) is 29.7 Å². The molecule has 0 bridgehead atoms. The Balaban J connectivity index is 1.67. The summed E-state index contributed by atoms with van der Waals surface area (Å²) in [5, 5.41) is 10.6. The smallest absolute Gasteiger partial charge is 0.253 e. The highest BCUT2D eigenvalue weighted by Gasteiger charge is 2.06. The average Bonchev–Trinajstić information content (AvgIpc) is 3.00. The van der Waals surface area contributed by atoms with Crippen LogP contribution in [-0.4, -0.2) is 20.5 Å². The molecule has 3 rings (SSSR count). The Hall–Kier alpha value is -2.69. The van der Waals surface area contributed by atoms with Crippen molar-refractivity contribution in [1.82, 2.24) is 19.9 Å². The molecule has 106 valence electrons. The fourth-order valence-electron chi connectivity index (χ4n) is 2.14. The molecule has 1 aromatic carbocycles. The number of amides is 1. The molecule has 1 amide bonds. The van der Waals surface area contributed by atoms with Crippen LogP contribution in [0.1, 0.15) is 28.4 Å². The standard InChI is InChI=1S/C16H16N4O/c1-2-12-3-5-13(6-4-12)9-17-16(21)14-7-8-15-19-18-11-20(15)10-14/h3-8,10-11H,2,9H2,1H3,(H,17,21). The van der Waals surface area contributed by atoms with Gasteiger partial charge in [-0.2, -0.15) is 0 Å². The summed E-state index contributed by atoms with van der Waals surface area (Å²) in [6, 6.07) is 11.8. The summed E-state index contributed by atoms with van der Waals surface area (Å²) in [7, 11) is 0. The first-order chi connectivity index (χ1) is 10.3. The van der Waals surface area contributed by atoms with Crippen molar-refractivity contribution in [2.45, 2.75) is 19.9 Å². The molecule has 0 spiro atoms. The quantitative estimate of drug-likeness (QED) is 0.797. The maximum atomic E-state index is 12.1. The van der Waals surface area contributed by atoms with Crippen LogP contribution in [-0.2, 0) is 13.0 Å². The number of pyridine rings is 1. The summed E-state index contributed by atoms with van der Waals surface area (Å²) in [5.41, 5.74) is 3.70. The Bertz CT molecular complexity index is 761. The van der Waals surface area contributed by atoms with E-state index in [2.05, 4.69) is 34.6 Å². The van der Waals surface area contributed by atoms with Crippen LogP contribution in [0.2, 0.25) is 0 Å². The predicted octanol–water partition coefficient (Wildman–Crippen LogP) is 2.22. The fourth-order valence-corrected chi connectivity index (χ4v) is 2.14. The molecule has 0 aliphatic heterocycles. The molecule has 0 saturated carbocycles. The number of benzene rings is 1. The molecular weight excluding hydrogens is 264 g/mol. The summed E-state index contributed by atoms with van der Waals surface area (Å²) >= 11 is 0. The Morgan fingerprint density at radius 3 is 2.67 bits per heavy atom. The lowest BCUT2D eigenvalue weighted by Gasteiger charge is -2.06. The van der Waals surface area contributed by atoms with Gasteiger partial charge in [0.05, 0.1) is 5.56 Å². The van der Waals surface area contributed by atoms with E-state index in [9.17, 15) is 4.79 Å². The van der Waals surface area contributed by atoms with Crippen LogP contribution in [0.25, 0.3) is 5.65 Å². The molecule has 2 aromatic heterocycles. The number of aryl methyl sites for hydroxylation is 1. The van der Waals surface area contributed by atoms with Gasteiger partial charge in [0.15, 0.2) is 5.65 Å². The van der Waals surface area contributed by atoms with Gasteiger partial charge in [0.25, 0.3) is 5.91 Å². The minimum Gasteiger partial charge on any atom is -0.348 e. The second kappa shape index (κ2) is 5.75. The van der Waals surface area contributed by atoms with Gasteiger partial charge >= 0.3 is 0 Å². The monoisotopic (exact) mass is 280 g/mol. The third kappa shape index (κ3) is 2.91. The Morgan fingerprint density at radius 1 is 1.14 bits per heavy atom. The van der Waals surface area contributed by atoms with E-state index in [1.165, 1.54) is 5.56 Å². The number of hydrogen-bond acceptors (Lipinski definition) is 3.